The summed E-state index contributed by atoms with van der Waals surface area (Å²) in [5.41, 5.74) is 9.96. The number of ether oxygens (including phenoxy) is 3. The highest BCUT2D eigenvalue weighted by Crippen LogP contribution is 2.41. The first-order valence-corrected chi connectivity index (χ1v) is 15.6. The molecule has 2 amide bonds. The highest BCUT2D eigenvalue weighted by Gasteiger charge is 2.57. The predicted molar refractivity (Wildman–Crippen MR) is 172 cm³/mol. The van der Waals surface area contributed by atoms with E-state index < -0.39 is 53.5 Å². The number of nitrogens with zero attached hydrogens (tertiary/aromatic N) is 4. The zero-order chi connectivity index (χ0) is 32.9. The van der Waals surface area contributed by atoms with Crippen LogP contribution < -0.4 is 0 Å². The maximum atomic E-state index is 14.0. The number of carbonyl (C=O) groups excluding carboxylic acids is 4. The van der Waals surface area contributed by atoms with E-state index in [-0.39, 0.29) is 28.8 Å². The Labute approximate surface area is 274 Å². The van der Waals surface area contributed by atoms with Crippen LogP contribution in [0.1, 0.15) is 47.0 Å². The van der Waals surface area contributed by atoms with Crippen LogP contribution in [0.25, 0.3) is 10.4 Å². The topological polar surface area (TPSA) is 148 Å². The van der Waals surface area contributed by atoms with Gasteiger partial charge < -0.3 is 14.2 Å². The number of carbonyl (C=O) groups is 4. The second-order valence-electron chi connectivity index (χ2n) is 10.9. The van der Waals surface area contributed by atoms with E-state index in [0.29, 0.717) is 0 Å². The van der Waals surface area contributed by atoms with E-state index in [1.54, 1.807) is 84.9 Å². The predicted octanol–water partition coefficient (Wildman–Crippen LogP) is 6.24. The van der Waals surface area contributed by atoms with Crippen LogP contribution in [0.15, 0.2) is 119 Å². The second-order valence-corrected chi connectivity index (χ2v) is 12.0. The quantitative estimate of drug-likeness (QED) is 0.0681. The van der Waals surface area contributed by atoms with E-state index >= 15 is 0 Å². The molecule has 6 rings (SSSR count). The molecule has 0 saturated carbocycles. The molecular formula is C35H28N4O7S. The van der Waals surface area contributed by atoms with E-state index in [4.69, 9.17) is 14.2 Å². The fourth-order valence-electron chi connectivity index (χ4n) is 5.56. The summed E-state index contributed by atoms with van der Waals surface area (Å²) in [7, 11) is 0. The zero-order valence-electron chi connectivity index (χ0n) is 25.0. The van der Waals surface area contributed by atoms with Crippen LogP contribution in [0, 0.1) is 6.92 Å². The molecule has 0 spiro atoms. The van der Waals surface area contributed by atoms with E-state index in [9.17, 15) is 24.7 Å². The molecule has 2 aliphatic heterocycles. The molecule has 4 aromatic rings. The Morgan fingerprint density at radius 3 is 1.83 bits per heavy atom. The summed E-state index contributed by atoms with van der Waals surface area (Å²) in [6.07, 6.45) is -3.96. The van der Waals surface area contributed by atoms with E-state index in [0.717, 1.165) is 15.4 Å². The van der Waals surface area contributed by atoms with Crippen molar-refractivity contribution < 1.29 is 33.4 Å². The highest BCUT2D eigenvalue weighted by molar-refractivity contribution is 7.99. The fourth-order valence-corrected chi connectivity index (χ4v) is 6.74. The van der Waals surface area contributed by atoms with Gasteiger partial charge in [-0.1, -0.05) is 83.1 Å². The average molecular weight is 649 g/mol. The minimum absolute atomic E-state index is 0.179. The Morgan fingerprint density at radius 1 is 0.787 bits per heavy atom. The van der Waals surface area contributed by atoms with Crippen molar-refractivity contribution in [1.29, 1.82) is 0 Å². The maximum absolute atomic E-state index is 14.0. The average Bonchev–Trinajstić information content (AvgIpc) is 3.35. The summed E-state index contributed by atoms with van der Waals surface area (Å²) >= 11 is 1.20. The summed E-state index contributed by atoms with van der Waals surface area (Å²) in [5, 5.41) is 3.70. The number of imide groups is 1. The summed E-state index contributed by atoms with van der Waals surface area (Å²) in [4.78, 5) is 59.8. The Hall–Kier alpha value is -5.42. The van der Waals surface area contributed by atoms with Gasteiger partial charge in [0, 0.05) is 9.81 Å². The third-order valence-electron chi connectivity index (χ3n) is 7.84. The molecule has 2 heterocycles. The SMILES string of the molecule is Cc1ccc(S[C@@H]2O[C@H](CN=[N+]=[N-])[C@@H](OC(=O)c3ccccc3)[C@H](OC(=O)c3ccccc3)[C@H]2N2C(=O)c3ccccc3C2=O)cc1. The molecule has 2 aliphatic rings. The number of hydrogen-bond donors (Lipinski definition) is 0. The molecule has 0 aliphatic carbocycles. The summed E-state index contributed by atoms with van der Waals surface area (Å²) in [6, 6.07) is 29.0. The van der Waals surface area contributed by atoms with Gasteiger partial charge >= 0.3 is 11.9 Å². The number of azide groups is 1. The standard InChI is InChI=1S/C35H28N4O7S/c1-21-16-18-24(19-17-21)47-35-28(39-31(40)25-14-8-9-15-26(25)32(39)41)30(46-34(43)23-12-6-3-7-13-23)29(27(44-35)20-37-38-36)45-33(42)22-10-4-2-5-11-22/h2-19,27-30,35H,20H2,1H3/t27-,28-,29-,30-,35+/m1/s1. The van der Waals surface area contributed by atoms with Crippen LogP contribution in [-0.2, 0) is 14.2 Å². The number of thioether (sulfide) groups is 1. The lowest BCUT2D eigenvalue weighted by atomic mass is 9.95. The Bertz CT molecular complexity index is 1810. The summed E-state index contributed by atoms with van der Waals surface area (Å²) < 4.78 is 18.7. The fraction of sp³-hybridized carbons (Fsp3) is 0.200. The minimum atomic E-state index is -1.44. The molecule has 4 aromatic carbocycles. The third kappa shape index (κ3) is 6.61. The lowest BCUT2D eigenvalue weighted by molar-refractivity contribution is -0.171. The van der Waals surface area contributed by atoms with Crippen molar-refractivity contribution in [2.75, 3.05) is 6.54 Å². The molecule has 0 unspecified atom stereocenters. The number of amides is 2. The number of fused-ring (bicyclic) bond motifs is 1. The molecule has 1 saturated heterocycles. The smallest absolute Gasteiger partial charge is 0.338 e. The van der Waals surface area contributed by atoms with Crippen molar-refractivity contribution >= 4 is 35.5 Å². The molecule has 11 nitrogen and oxygen atoms in total. The largest absolute Gasteiger partial charge is 0.452 e. The van der Waals surface area contributed by atoms with E-state index in [1.165, 1.54) is 11.8 Å². The van der Waals surface area contributed by atoms with Crippen LogP contribution >= 0.6 is 11.8 Å². The first kappa shape index (κ1) is 31.6. The molecule has 1 fully saturated rings. The minimum Gasteiger partial charge on any atom is -0.452 e. The summed E-state index contributed by atoms with van der Waals surface area (Å²) in [5.74, 6) is -2.77. The molecule has 12 heteroatoms. The monoisotopic (exact) mass is 648 g/mol. The van der Waals surface area contributed by atoms with Gasteiger partial charge in [0.15, 0.2) is 12.2 Å². The molecular weight excluding hydrogens is 620 g/mol. The van der Waals surface area contributed by atoms with E-state index in [1.807, 2.05) is 31.2 Å². The van der Waals surface area contributed by atoms with Gasteiger partial charge in [-0.2, -0.15) is 0 Å². The van der Waals surface area contributed by atoms with Crippen molar-refractivity contribution in [3.8, 4) is 0 Å². The van der Waals surface area contributed by atoms with Gasteiger partial charge in [0.2, 0.25) is 0 Å². The Morgan fingerprint density at radius 2 is 1.30 bits per heavy atom. The first-order chi connectivity index (χ1) is 22.9. The summed E-state index contributed by atoms with van der Waals surface area (Å²) in [6.45, 7) is 1.64. The first-order valence-electron chi connectivity index (χ1n) is 14.7. The van der Waals surface area contributed by atoms with Crippen molar-refractivity contribution in [1.82, 2.24) is 4.90 Å². The number of benzene rings is 4. The molecule has 0 N–H and O–H groups in total. The molecule has 5 atom stereocenters. The highest BCUT2D eigenvalue weighted by atomic mass is 32.2. The molecule has 0 radical (unpaired) electrons. The van der Waals surface area contributed by atoms with Crippen molar-refractivity contribution in [2.45, 2.75) is 41.6 Å². The van der Waals surface area contributed by atoms with Gasteiger partial charge in [0.1, 0.15) is 17.6 Å². The number of aryl methyl sites for hydroxylation is 1. The lowest BCUT2D eigenvalue weighted by Gasteiger charge is -2.47. The van der Waals surface area contributed by atoms with Crippen LogP contribution in [0.3, 0.4) is 0 Å². The third-order valence-corrected chi connectivity index (χ3v) is 9.01. The van der Waals surface area contributed by atoms with Crippen molar-refractivity contribution in [3.05, 3.63) is 147 Å². The lowest BCUT2D eigenvalue weighted by Crippen LogP contribution is -2.66. The maximum Gasteiger partial charge on any atom is 0.338 e. The number of esters is 2. The van der Waals surface area contributed by atoms with Gasteiger partial charge in [-0.05, 0) is 61.0 Å². The van der Waals surface area contributed by atoms with Crippen LogP contribution in [0.5, 0.6) is 0 Å². The Kier molecular flexibility index (Phi) is 9.35. The van der Waals surface area contributed by atoms with Gasteiger partial charge in [0.05, 0.1) is 28.8 Å². The van der Waals surface area contributed by atoms with Gasteiger partial charge in [0.25, 0.3) is 11.8 Å². The molecule has 47 heavy (non-hydrogen) atoms. The Balaban J connectivity index is 1.49. The zero-order valence-corrected chi connectivity index (χ0v) is 25.9. The number of hydrogen-bond acceptors (Lipinski definition) is 9. The molecule has 236 valence electrons. The van der Waals surface area contributed by atoms with Crippen molar-refractivity contribution in [3.63, 3.8) is 0 Å². The van der Waals surface area contributed by atoms with Crippen LogP contribution in [0.4, 0.5) is 0 Å². The second kappa shape index (κ2) is 13.9. The van der Waals surface area contributed by atoms with Crippen LogP contribution in [-0.4, -0.2) is 65.0 Å². The van der Waals surface area contributed by atoms with Gasteiger partial charge in [-0.15, -0.1) is 0 Å². The van der Waals surface area contributed by atoms with E-state index in [2.05, 4.69) is 10.0 Å². The van der Waals surface area contributed by atoms with Gasteiger partial charge in [-0.3, -0.25) is 14.5 Å². The number of rotatable bonds is 9. The van der Waals surface area contributed by atoms with Gasteiger partial charge in [-0.25, -0.2) is 9.59 Å². The molecule has 0 bridgehead atoms. The van der Waals surface area contributed by atoms with Crippen molar-refractivity contribution in [2.24, 2.45) is 5.11 Å². The van der Waals surface area contributed by atoms with Crippen LogP contribution in [0.2, 0.25) is 0 Å². The molecule has 0 aromatic heterocycles. The normalized spacial score (nSPS) is 21.8.